The minimum atomic E-state index is -0.248. The van der Waals surface area contributed by atoms with Crippen LogP contribution in [0.15, 0.2) is 54.7 Å². The van der Waals surface area contributed by atoms with E-state index in [2.05, 4.69) is 17.2 Å². The molecule has 0 unspecified atom stereocenters. The third-order valence-corrected chi connectivity index (χ3v) is 4.66. The first-order chi connectivity index (χ1) is 13.7. The number of unbranched alkanes of at least 4 members (excludes halogenated alkanes) is 1. The van der Waals surface area contributed by atoms with E-state index in [1.165, 1.54) is 0 Å². The predicted octanol–water partition coefficient (Wildman–Crippen LogP) is 3.53. The van der Waals surface area contributed by atoms with E-state index in [0.29, 0.717) is 25.2 Å². The van der Waals surface area contributed by atoms with Crippen LogP contribution in [0, 0.1) is 0 Å². The van der Waals surface area contributed by atoms with Crippen LogP contribution in [-0.2, 0) is 6.54 Å². The largest absolute Gasteiger partial charge is 0.351 e. The van der Waals surface area contributed by atoms with Crippen molar-refractivity contribution >= 4 is 17.3 Å². The molecule has 3 rings (SSSR count). The molecule has 0 bridgehead atoms. The molecule has 0 saturated carbocycles. The van der Waals surface area contributed by atoms with Gasteiger partial charge >= 0.3 is 0 Å². The molecule has 2 aromatic heterocycles. The van der Waals surface area contributed by atoms with E-state index >= 15 is 0 Å². The van der Waals surface area contributed by atoms with Crippen LogP contribution in [0.1, 0.15) is 53.4 Å². The Morgan fingerprint density at radius 2 is 1.82 bits per heavy atom. The van der Waals surface area contributed by atoms with Crippen molar-refractivity contribution in [2.45, 2.75) is 33.2 Å². The monoisotopic (exact) mass is 378 g/mol. The first-order valence-electron chi connectivity index (χ1n) is 9.74. The highest BCUT2D eigenvalue weighted by molar-refractivity contribution is 6.02. The average molecular weight is 378 g/mol. The Hall–Kier alpha value is -3.15. The van der Waals surface area contributed by atoms with Crippen LogP contribution in [0.2, 0.25) is 0 Å². The van der Waals surface area contributed by atoms with Crippen LogP contribution < -0.4 is 5.32 Å². The van der Waals surface area contributed by atoms with Gasteiger partial charge in [-0.2, -0.15) is 0 Å². The molecule has 0 atom stereocenters. The molecule has 0 aliphatic rings. The molecule has 3 aromatic rings. The van der Waals surface area contributed by atoms with E-state index in [0.717, 1.165) is 18.4 Å². The van der Waals surface area contributed by atoms with Gasteiger partial charge in [-0.1, -0.05) is 49.7 Å². The fraction of sp³-hybridized carbons (Fsp3) is 0.318. The molecule has 1 N–H and O–H groups in total. The maximum atomic E-state index is 13.2. The average Bonchev–Trinajstić information content (AvgIpc) is 3.12. The smallest absolute Gasteiger partial charge is 0.290 e. The molecular formula is C22H26N4O2. The summed E-state index contributed by atoms with van der Waals surface area (Å²) in [5.74, 6) is -0.184. The highest BCUT2D eigenvalue weighted by atomic mass is 16.2. The molecule has 146 valence electrons. The zero-order valence-corrected chi connectivity index (χ0v) is 16.4. The maximum Gasteiger partial charge on any atom is 0.290 e. The highest BCUT2D eigenvalue weighted by Crippen LogP contribution is 2.16. The van der Waals surface area contributed by atoms with E-state index in [4.69, 9.17) is 0 Å². The number of pyridine rings is 1. The second kappa shape index (κ2) is 9.17. The summed E-state index contributed by atoms with van der Waals surface area (Å²) in [7, 11) is 0. The maximum absolute atomic E-state index is 13.2. The Balaban J connectivity index is 1.91. The number of carbonyl (C=O) groups is 2. The van der Waals surface area contributed by atoms with Gasteiger partial charge in [0.15, 0.2) is 5.69 Å². The minimum Gasteiger partial charge on any atom is -0.351 e. The Kier molecular flexibility index (Phi) is 6.42. The van der Waals surface area contributed by atoms with E-state index in [1.54, 1.807) is 15.5 Å². The van der Waals surface area contributed by atoms with Crippen molar-refractivity contribution in [3.63, 3.8) is 0 Å². The van der Waals surface area contributed by atoms with E-state index in [-0.39, 0.29) is 23.3 Å². The van der Waals surface area contributed by atoms with Gasteiger partial charge in [-0.3, -0.25) is 14.0 Å². The molecule has 0 spiro atoms. The fourth-order valence-corrected chi connectivity index (χ4v) is 3.09. The number of aromatic nitrogens is 2. The van der Waals surface area contributed by atoms with Gasteiger partial charge < -0.3 is 10.2 Å². The van der Waals surface area contributed by atoms with Crippen LogP contribution >= 0.6 is 0 Å². The molecule has 0 fully saturated rings. The molecule has 0 aliphatic carbocycles. The molecule has 2 amide bonds. The third-order valence-electron chi connectivity index (χ3n) is 4.66. The summed E-state index contributed by atoms with van der Waals surface area (Å²) < 4.78 is 1.70. The molecule has 2 heterocycles. The molecule has 0 saturated heterocycles. The van der Waals surface area contributed by atoms with Crippen molar-refractivity contribution in [2.75, 3.05) is 13.1 Å². The molecule has 6 nitrogen and oxygen atoms in total. The number of nitrogens with zero attached hydrogens (tertiary/aromatic N) is 3. The number of fused-ring (bicyclic) bond motifs is 1. The summed E-state index contributed by atoms with van der Waals surface area (Å²) in [5.41, 5.74) is 1.97. The second-order valence-corrected chi connectivity index (χ2v) is 6.65. The molecule has 0 radical (unpaired) electrons. The van der Waals surface area contributed by atoms with Gasteiger partial charge in [-0.25, -0.2) is 4.98 Å². The lowest BCUT2D eigenvalue weighted by atomic mass is 10.2. The second-order valence-electron chi connectivity index (χ2n) is 6.65. The van der Waals surface area contributed by atoms with Gasteiger partial charge in [0, 0.05) is 25.8 Å². The van der Waals surface area contributed by atoms with Gasteiger partial charge in [0.25, 0.3) is 11.8 Å². The highest BCUT2D eigenvalue weighted by Gasteiger charge is 2.24. The lowest BCUT2D eigenvalue weighted by Gasteiger charge is -2.20. The Morgan fingerprint density at radius 1 is 1.07 bits per heavy atom. The van der Waals surface area contributed by atoms with Crippen molar-refractivity contribution in [3.05, 3.63) is 71.8 Å². The number of rotatable bonds is 8. The molecule has 1 aromatic carbocycles. The van der Waals surface area contributed by atoms with Crippen molar-refractivity contribution < 1.29 is 9.59 Å². The standard InChI is InChI=1S/C22H26N4O2/c1-3-5-14-23-21(27)19-18-13-9-10-15-26(18)20(24-19)22(28)25(4-2)16-17-11-7-6-8-12-17/h6-13,15H,3-5,14,16H2,1-2H3,(H,23,27). The van der Waals surface area contributed by atoms with Crippen LogP contribution in [0.25, 0.3) is 5.52 Å². The molecular weight excluding hydrogens is 352 g/mol. The zero-order valence-electron chi connectivity index (χ0n) is 16.4. The number of benzene rings is 1. The summed E-state index contributed by atoms with van der Waals surface area (Å²) in [6, 6.07) is 15.3. The van der Waals surface area contributed by atoms with E-state index in [1.807, 2.05) is 55.5 Å². The number of hydrogen-bond donors (Lipinski definition) is 1. The van der Waals surface area contributed by atoms with Crippen molar-refractivity contribution in [3.8, 4) is 0 Å². The Labute approximate surface area is 165 Å². The quantitative estimate of drug-likeness (QED) is 0.610. The molecule has 28 heavy (non-hydrogen) atoms. The summed E-state index contributed by atoms with van der Waals surface area (Å²) in [6.45, 7) is 5.65. The van der Waals surface area contributed by atoms with Gasteiger partial charge in [-0.05, 0) is 31.0 Å². The lowest BCUT2D eigenvalue weighted by molar-refractivity contribution is 0.0739. The van der Waals surface area contributed by atoms with Crippen molar-refractivity contribution in [1.29, 1.82) is 0 Å². The van der Waals surface area contributed by atoms with Gasteiger partial charge in [0.2, 0.25) is 5.82 Å². The van der Waals surface area contributed by atoms with Crippen molar-refractivity contribution in [2.24, 2.45) is 0 Å². The van der Waals surface area contributed by atoms with Crippen LogP contribution in [0.3, 0.4) is 0 Å². The number of amides is 2. The van der Waals surface area contributed by atoms with E-state index in [9.17, 15) is 9.59 Å². The van der Waals surface area contributed by atoms with Crippen LogP contribution in [-0.4, -0.2) is 39.2 Å². The Bertz CT molecular complexity index is 950. The summed E-state index contributed by atoms with van der Waals surface area (Å²) in [4.78, 5) is 32.0. The third kappa shape index (κ3) is 4.22. The topological polar surface area (TPSA) is 66.7 Å². The lowest BCUT2D eigenvalue weighted by Crippen LogP contribution is -2.32. The van der Waals surface area contributed by atoms with Gasteiger partial charge in [0.05, 0.1) is 5.52 Å². The van der Waals surface area contributed by atoms with Crippen LogP contribution in [0.5, 0.6) is 0 Å². The van der Waals surface area contributed by atoms with Crippen molar-refractivity contribution in [1.82, 2.24) is 19.6 Å². The summed E-state index contributed by atoms with van der Waals surface area (Å²) in [6.07, 6.45) is 3.68. The first kappa shape index (κ1) is 19.6. The first-order valence-corrected chi connectivity index (χ1v) is 9.74. The molecule has 6 heteroatoms. The molecule has 0 aliphatic heterocycles. The number of hydrogen-bond acceptors (Lipinski definition) is 3. The Morgan fingerprint density at radius 3 is 2.54 bits per heavy atom. The fourth-order valence-electron chi connectivity index (χ4n) is 3.09. The van der Waals surface area contributed by atoms with Crippen LogP contribution in [0.4, 0.5) is 0 Å². The normalized spacial score (nSPS) is 10.8. The predicted molar refractivity (Wildman–Crippen MR) is 109 cm³/mol. The summed E-state index contributed by atoms with van der Waals surface area (Å²) in [5, 5.41) is 2.89. The minimum absolute atomic E-state index is 0.194. The number of imidazole rings is 1. The zero-order chi connectivity index (χ0) is 19.9. The number of carbonyl (C=O) groups excluding carboxylic acids is 2. The summed E-state index contributed by atoms with van der Waals surface area (Å²) >= 11 is 0. The number of nitrogens with one attached hydrogen (secondary N) is 1. The SMILES string of the molecule is CCCCNC(=O)c1nc(C(=O)N(CC)Cc2ccccc2)n2ccccc12. The van der Waals surface area contributed by atoms with E-state index < -0.39 is 0 Å². The van der Waals surface area contributed by atoms with Gasteiger partial charge in [-0.15, -0.1) is 0 Å². The van der Waals surface area contributed by atoms with Gasteiger partial charge in [0.1, 0.15) is 0 Å².